The second-order valence-corrected chi connectivity index (χ2v) is 7.78. The highest BCUT2D eigenvalue weighted by Gasteiger charge is 2.35. The summed E-state index contributed by atoms with van der Waals surface area (Å²) in [5.74, 6) is -0.299. The van der Waals surface area contributed by atoms with E-state index in [0.29, 0.717) is 30.0 Å². The predicted molar refractivity (Wildman–Crippen MR) is 95.2 cm³/mol. The third-order valence-electron chi connectivity index (χ3n) is 4.31. The number of amides is 1. The molecule has 2 aromatic carbocycles. The van der Waals surface area contributed by atoms with E-state index in [2.05, 4.69) is 4.72 Å². The summed E-state index contributed by atoms with van der Waals surface area (Å²) >= 11 is 0. The van der Waals surface area contributed by atoms with Gasteiger partial charge in [0.25, 0.3) is 0 Å². The van der Waals surface area contributed by atoms with E-state index in [1.54, 1.807) is 25.1 Å². The number of sulfonamides is 1. The minimum Gasteiger partial charge on any atom is -0.497 e. The Labute approximate surface area is 151 Å². The number of aryl methyl sites for hydroxylation is 1. The zero-order chi connectivity index (χ0) is 18.9. The van der Waals surface area contributed by atoms with Crippen LogP contribution in [0.1, 0.15) is 12.0 Å². The van der Waals surface area contributed by atoms with Crippen LogP contribution in [0.4, 0.5) is 10.1 Å². The summed E-state index contributed by atoms with van der Waals surface area (Å²) in [6, 6.07) is 9.55. The molecule has 6 nitrogen and oxygen atoms in total. The third kappa shape index (κ3) is 3.56. The fourth-order valence-corrected chi connectivity index (χ4v) is 4.12. The minimum absolute atomic E-state index is 0.0285. The molecule has 1 fully saturated rings. The average Bonchev–Trinajstić information content (AvgIpc) is 2.97. The monoisotopic (exact) mass is 378 g/mol. The Morgan fingerprint density at radius 3 is 2.69 bits per heavy atom. The van der Waals surface area contributed by atoms with Gasteiger partial charge in [0, 0.05) is 18.3 Å². The summed E-state index contributed by atoms with van der Waals surface area (Å²) in [5.41, 5.74) is 0.979. The Balaban J connectivity index is 1.78. The van der Waals surface area contributed by atoms with Gasteiger partial charge >= 0.3 is 0 Å². The molecule has 0 radical (unpaired) electrons. The van der Waals surface area contributed by atoms with Crippen LogP contribution < -0.4 is 14.4 Å². The van der Waals surface area contributed by atoms with Crippen molar-refractivity contribution in [2.75, 3.05) is 18.6 Å². The molecule has 0 aromatic heterocycles. The van der Waals surface area contributed by atoms with Gasteiger partial charge in [0.05, 0.1) is 12.0 Å². The highest BCUT2D eigenvalue weighted by Crippen LogP contribution is 2.25. The molecule has 1 aliphatic rings. The SMILES string of the molecule is COc1cccc(S(=O)(=O)N[C@@H]2CCN(c3ccc(F)c(C)c3)C2=O)c1. The van der Waals surface area contributed by atoms with Crippen molar-refractivity contribution in [3.05, 3.63) is 53.8 Å². The molecule has 0 bridgehead atoms. The molecule has 0 unspecified atom stereocenters. The summed E-state index contributed by atoms with van der Waals surface area (Å²) in [6.07, 6.45) is 0.332. The number of hydrogen-bond acceptors (Lipinski definition) is 4. The van der Waals surface area contributed by atoms with Crippen LogP contribution in [0.15, 0.2) is 47.4 Å². The lowest BCUT2D eigenvalue weighted by molar-refractivity contribution is -0.118. The van der Waals surface area contributed by atoms with Crippen molar-refractivity contribution in [1.82, 2.24) is 4.72 Å². The lowest BCUT2D eigenvalue weighted by Crippen LogP contribution is -2.41. The average molecular weight is 378 g/mol. The Bertz CT molecular complexity index is 946. The Kier molecular flexibility index (Phi) is 4.97. The number of rotatable bonds is 5. The summed E-state index contributed by atoms with van der Waals surface area (Å²) in [6.45, 7) is 1.97. The molecular formula is C18H19FN2O4S. The molecule has 1 aliphatic heterocycles. The molecule has 26 heavy (non-hydrogen) atoms. The number of carbonyl (C=O) groups excluding carboxylic acids is 1. The first-order chi connectivity index (χ1) is 12.3. The topological polar surface area (TPSA) is 75.7 Å². The minimum atomic E-state index is -3.87. The zero-order valence-electron chi connectivity index (χ0n) is 14.4. The standard InChI is InChI=1S/C18H19FN2O4S/c1-12-10-13(6-7-16(12)19)21-9-8-17(18(21)22)20-26(23,24)15-5-3-4-14(11-15)25-2/h3-7,10-11,17,20H,8-9H2,1-2H3/t17-/m1/s1. The van der Waals surface area contributed by atoms with Crippen molar-refractivity contribution >= 4 is 21.6 Å². The van der Waals surface area contributed by atoms with Crippen LogP contribution in [-0.4, -0.2) is 34.0 Å². The Hall–Kier alpha value is -2.45. The molecule has 0 aliphatic carbocycles. The van der Waals surface area contributed by atoms with E-state index in [1.807, 2.05) is 0 Å². The number of ether oxygens (including phenoxy) is 1. The van der Waals surface area contributed by atoms with Crippen molar-refractivity contribution in [2.45, 2.75) is 24.3 Å². The Morgan fingerprint density at radius 1 is 1.23 bits per heavy atom. The molecule has 1 N–H and O–H groups in total. The number of nitrogens with one attached hydrogen (secondary N) is 1. The molecule has 138 valence electrons. The number of methoxy groups -OCH3 is 1. The molecule has 8 heteroatoms. The van der Waals surface area contributed by atoms with Gasteiger partial charge in [0.2, 0.25) is 15.9 Å². The van der Waals surface area contributed by atoms with Gasteiger partial charge in [0.15, 0.2) is 0 Å². The van der Waals surface area contributed by atoms with Crippen molar-refractivity contribution < 1.29 is 22.3 Å². The van der Waals surface area contributed by atoms with Crippen molar-refractivity contribution in [3.63, 3.8) is 0 Å². The maximum Gasteiger partial charge on any atom is 0.245 e. The van der Waals surface area contributed by atoms with Crippen molar-refractivity contribution in [3.8, 4) is 5.75 Å². The van der Waals surface area contributed by atoms with E-state index < -0.39 is 16.1 Å². The van der Waals surface area contributed by atoms with Crippen LogP contribution >= 0.6 is 0 Å². The molecule has 0 spiro atoms. The van der Waals surface area contributed by atoms with E-state index in [4.69, 9.17) is 4.74 Å². The van der Waals surface area contributed by atoms with E-state index >= 15 is 0 Å². The largest absolute Gasteiger partial charge is 0.497 e. The lowest BCUT2D eigenvalue weighted by Gasteiger charge is -2.18. The first-order valence-corrected chi connectivity index (χ1v) is 9.54. The second-order valence-electron chi connectivity index (χ2n) is 6.06. The maximum atomic E-state index is 13.4. The second kappa shape index (κ2) is 7.05. The third-order valence-corrected chi connectivity index (χ3v) is 5.78. The quantitative estimate of drug-likeness (QED) is 0.866. The van der Waals surface area contributed by atoms with Crippen molar-refractivity contribution in [2.24, 2.45) is 0 Å². The van der Waals surface area contributed by atoms with Crippen LogP contribution in [0.5, 0.6) is 5.75 Å². The highest BCUT2D eigenvalue weighted by molar-refractivity contribution is 7.89. The zero-order valence-corrected chi connectivity index (χ0v) is 15.2. The molecule has 1 heterocycles. The summed E-state index contributed by atoms with van der Waals surface area (Å²) in [7, 11) is -2.42. The molecule has 1 saturated heterocycles. The van der Waals surface area contributed by atoms with Crippen LogP contribution in [0.2, 0.25) is 0 Å². The number of benzene rings is 2. The molecule has 2 aromatic rings. The molecule has 3 rings (SSSR count). The highest BCUT2D eigenvalue weighted by atomic mass is 32.2. The predicted octanol–water partition coefficient (Wildman–Crippen LogP) is 2.23. The van der Waals surface area contributed by atoms with Crippen LogP contribution in [0.25, 0.3) is 0 Å². The fraction of sp³-hybridized carbons (Fsp3) is 0.278. The maximum absolute atomic E-state index is 13.4. The number of halogens is 1. The van der Waals surface area contributed by atoms with E-state index in [-0.39, 0.29) is 16.6 Å². The van der Waals surface area contributed by atoms with E-state index in [1.165, 1.54) is 36.3 Å². The molecular weight excluding hydrogens is 359 g/mol. The smallest absolute Gasteiger partial charge is 0.245 e. The van der Waals surface area contributed by atoms with Gasteiger partial charge in [-0.25, -0.2) is 12.8 Å². The van der Waals surface area contributed by atoms with Gasteiger partial charge in [-0.15, -0.1) is 0 Å². The normalized spacial score (nSPS) is 17.6. The first-order valence-electron chi connectivity index (χ1n) is 8.06. The Morgan fingerprint density at radius 2 is 2.00 bits per heavy atom. The number of anilines is 1. The van der Waals surface area contributed by atoms with E-state index in [9.17, 15) is 17.6 Å². The van der Waals surface area contributed by atoms with Crippen LogP contribution in [0.3, 0.4) is 0 Å². The van der Waals surface area contributed by atoms with Gasteiger partial charge in [-0.1, -0.05) is 6.07 Å². The fourth-order valence-electron chi connectivity index (χ4n) is 2.87. The van der Waals surface area contributed by atoms with Crippen molar-refractivity contribution in [1.29, 1.82) is 0 Å². The number of carbonyl (C=O) groups is 1. The van der Waals surface area contributed by atoms with Crippen LogP contribution in [0, 0.1) is 12.7 Å². The molecule has 0 saturated carbocycles. The number of hydrogen-bond donors (Lipinski definition) is 1. The lowest BCUT2D eigenvalue weighted by atomic mass is 10.2. The molecule has 1 amide bonds. The van der Waals surface area contributed by atoms with E-state index in [0.717, 1.165) is 0 Å². The van der Waals surface area contributed by atoms with Gasteiger partial charge in [-0.2, -0.15) is 4.72 Å². The van der Waals surface area contributed by atoms with Gasteiger partial charge in [-0.05, 0) is 49.2 Å². The summed E-state index contributed by atoms with van der Waals surface area (Å²) in [5, 5.41) is 0. The van der Waals surface area contributed by atoms with Gasteiger partial charge in [-0.3, -0.25) is 4.79 Å². The van der Waals surface area contributed by atoms with Crippen LogP contribution in [-0.2, 0) is 14.8 Å². The summed E-state index contributed by atoms with van der Waals surface area (Å²) < 4.78 is 46.0. The number of nitrogens with zero attached hydrogens (tertiary/aromatic N) is 1. The summed E-state index contributed by atoms with van der Waals surface area (Å²) in [4.78, 5) is 14.1. The first kappa shape index (κ1) is 18.3. The van der Waals surface area contributed by atoms with Gasteiger partial charge in [0.1, 0.15) is 17.6 Å². The van der Waals surface area contributed by atoms with Gasteiger partial charge < -0.3 is 9.64 Å². The molecule has 1 atom stereocenters.